The van der Waals surface area contributed by atoms with Gasteiger partial charge in [-0.2, -0.15) is 4.31 Å². The Morgan fingerprint density at radius 3 is 2.25 bits per heavy atom. The van der Waals surface area contributed by atoms with Crippen LogP contribution < -0.4 is 0 Å². The van der Waals surface area contributed by atoms with Gasteiger partial charge in [0.25, 0.3) is 0 Å². The number of amides is 1. The van der Waals surface area contributed by atoms with Crippen molar-refractivity contribution >= 4 is 16.1 Å². The van der Waals surface area contributed by atoms with Crippen molar-refractivity contribution < 1.29 is 18.3 Å². The van der Waals surface area contributed by atoms with Gasteiger partial charge in [0.2, 0.25) is 10.0 Å². The van der Waals surface area contributed by atoms with Crippen LogP contribution in [0, 0.1) is 0 Å². The van der Waals surface area contributed by atoms with Gasteiger partial charge in [0.15, 0.2) is 0 Å². The molecule has 2 aliphatic rings. The van der Waals surface area contributed by atoms with E-state index in [9.17, 15) is 13.2 Å². The van der Waals surface area contributed by atoms with Gasteiger partial charge in [-0.1, -0.05) is 19.3 Å². The Labute approximate surface area is 145 Å². The Kier molecular flexibility index (Phi) is 7.31. The molecule has 1 saturated heterocycles. The second-order valence-electron chi connectivity index (χ2n) is 6.98. The van der Waals surface area contributed by atoms with Gasteiger partial charge in [-0.05, 0) is 32.2 Å². The average molecular weight is 362 g/mol. The van der Waals surface area contributed by atoms with Gasteiger partial charge in [-0.15, -0.1) is 0 Å². The van der Waals surface area contributed by atoms with Crippen LogP contribution in [0.1, 0.15) is 44.9 Å². The summed E-state index contributed by atoms with van der Waals surface area (Å²) in [5, 5.41) is 8.94. The quantitative estimate of drug-likeness (QED) is 0.698. The molecule has 140 valence electrons. The first kappa shape index (κ1) is 19.5. The molecule has 0 aromatic carbocycles. The van der Waals surface area contributed by atoms with E-state index in [1.54, 1.807) is 4.31 Å². The Morgan fingerprint density at radius 1 is 1.08 bits per heavy atom. The van der Waals surface area contributed by atoms with Gasteiger partial charge in [0.1, 0.15) is 0 Å². The highest BCUT2D eigenvalue weighted by molar-refractivity contribution is 7.88. The van der Waals surface area contributed by atoms with Gasteiger partial charge in [-0.25, -0.2) is 13.2 Å². The molecule has 0 bridgehead atoms. The first-order valence-electron chi connectivity index (χ1n) is 9.05. The molecule has 1 heterocycles. The van der Waals surface area contributed by atoms with Crippen molar-refractivity contribution in [2.45, 2.75) is 51.0 Å². The number of sulfonamides is 1. The van der Waals surface area contributed by atoms with Crippen LogP contribution in [0.2, 0.25) is 0 Å². The first-order chi connectivity index (χ1) is 11.4. The van der Waals surface area contributed by atoms with Crippen LogP contribution in [0.4, 0.5) is 4.79 Å². The molecular formula is C16H31N3O4S. The minimum Gasteiger partial charge on any atom is -0.465 e. The number of piperazine rings is 1. The van der Waals surface area contributed by atoms with Crippen LogP contribution in [0.15, 0.2) is 0 Å². The van der Waals surface area contributed by atoms with E-state index < -0.39 is 16.1 Å². The molecule has 0 spiro atoms. The summed E-state index contributed by atoms with van der Waals surface area (Å²) in [7, 11) is -3.14. The van der Waals surface area contributed by atoms with E-state index in [1.165, 1.54) is 17.6 Å². The van der Waals surface area contributed by atoms with E-state index in [1.807, 2.05) is 0 Å². The maximum Gasteiger partial charge on any atom is 0.407 e. The molecule has 0 unspecified atom stereocenters. The predicted octanol–water partition coefficient (Wildman–Crippen LogP) is 1.66. The average Bonchev–Trinajstić information content (AvgIpc) is 2.54. The molecule has 8 heteroatoms. The zero-order valence-electron chi connectivity index (χ0n) is 14.7. The second-order valence-corrected chi connectivity index (χ2v) is 8.92. The summed E-state index contributed by atoms with van der Waals surface area (Å²) in [6, 6.07) is 0.188. The standard InChI is InChI=1S/C16H31N3O4S/c1-24(22,23)19(15-7-3-2-4-8-15)10-6-5-9-17-11-13-18(14-12-17)16(20)21/h15H,2-14H2,1H3,(H,20,21). The fraction of sp³-hybridized carbons (Fsp3) is 0.938. The van der Waals surface area contributed by atoms with Gasteiger partial charge >= 0.3 is 6.09 Å². The number of unbranched alkanes of at least 4 members (excludes halogenated alkanes) is 1. The number of carboxylic acid groups (broad SMARTS) is 1. The van der Waals surface area contributed by atoms with Gasteiger partial charge < -0.3 is 10.0 Å². The lowest BCUT2D eigenvalue weighted by Gasteiger charge is -2.34. The molecule has 0 radical (unpaired) electrons. The minimum absolute atomic E-state index is 0.188. The maximum absolute atomic E-state index is 12.1. The molecule has 0 aromatic heterocycles. The zero-order chi connectivity index (χ0) is 17.6. The first-order valence-corrected chi connectivity index (χ1v) is 10.9. The molecule has 2 rings (SSSR count). The Hall–Kier alpha value is -0.860. The van der Waals surface area contributed by atoms with E-state index in [-0.39, 0.29) is 6.04 Å². The van der Waals surface area contributed by atoms with Gasteiger partial charge in [0.05, 0.1) is 6.26 Å². The Balaban J connectivity index is 1.70. The highest BCUT2D eigenvalue weighted by atomic mass is 32.2. The van der Waals surface area contributed by atoms with Crippen LogP contribution in [-0.4, -0.2) is 85.3 Å². The Bertz CT molecular complexity index is 497. The largest absolute Gasteiger partial charge is 0.465 e. The van der Waals surface area contributed by atoms with Crippen LogP contribution in [0.25, 0.3) is 0 Å². The minimum atomic E-state index is -3.14. The molecule has 1 amide bonds. The lowest BCUT2D eigenvalue weighted by Crippen LogP contribution is -2.48. The fourth-order valence-electron chi connectivity index (χ4n) is 3.75. The van der Waals surface area contributed by atoms with Crippen molar-refractivity contribution in [1.29, 1.82) is 0 Å². The normalized spacial score (nSPS) is 21.3. The molecule has 0 atom stereocenters. The topological polar surface area (TPSA) is 81.2 Å². The summed E-state index contributed by atoms with van der Waals surface area (Å²) in [6.07, 6.45) is 7.76. The van der Waals surface area contributed by atoms with Crippen LogP contribution in [0.3, 0.4) is 0 Å². The lowest BCUT2D eigenvalue weighted by atomic mass is 9.95. The number of carbonyl (C=O) groups is 1. The van der Waals surface area contributed by atoms with Crippen molar-refractivity contribution in [3.63, 3.8) is 0 Å². The van der Waals surface area contributed by atoms with Crippen LogP contribution in [-0.2, 0) is 10.0 Å². The SMILES string of the molecule is CS(=O)(=O)N(CCCCN1CCN(C(=O)O)CC1)C1CCCCC1. The third kappa shape index (κ3) is 5.89. The maximum atomic E-state index is 12.1. The van der Waals surface area contributed by atoms with Gasteiger partial charge in [-0.3, -0.25) is 4.90 Å². The summed E-state index contributed by atoms with van der Waals surface area (Å²) in [6.45, 7) is 4.18. The fourth-order valence-corrected chi connectivity index (χ4v) is 4.97. The van der Waals surface area contributed by atoms with Crippen LogP contribution >= 0.6 is 0 Å². The summed E-state index contributed by atoms with van der Waals surface area (Å²) < 4.78 is 25.9. The van der Waals surface area contributed by atoms with E-state index >= 15 is 0 Å². The summed E-state index contributed by atoms with van der Waals surface area (Å²) in [4.78, 5) is 14.6. The molecule has 7 nitrogen and oxygen atoms in total. The molecule has 1 N–H and O–H groups in total. The van der Waals surface area contributed by atoms with Gasteiger partial charge in [0, 0.05) is 38.8 Å². The smallest absolute Gasteiger partial charge is 0.407 e. The molecule has 0 aromatic rings. The molecule has 24 heavy (non-hydrogen) atoms. The second kappa shape index (κ2) is 9.01. The number of hydrogen-bond acceptors (Lipinski definition) is 4. The van der Waals surface area contributed by atoms with E-state index in [0.717, 1.165) is 58.2 Å². The highest BCUT2D eigenvalue weighted by Crippen LogP contribution is 2.24. The van der Waals surface area contributed by atoms with Crippen molar-refractivity contribution in [1.82, 2.24) is 14.1 Å². The van der Waals surface area contributed by atoms with E-state index in [4.69, 9.17) is 5.11 Å². The molecule has 1 saturated carbocycles. The Morgan fingerprint density at radius 2 is 1.71 bits per heavy atom. The molecule has 1 aliphatic heterocycles. The van der Waals surface area contributed by atoms with Crippen molar-refractivity contribution in [3.05, 3.63) is 0 Å². The van der Waals surface area contributed by atoms with Crippen molar-refractivity contribution in [2.24, 2.45) is 0 Å². The van der Waals surface area contributed by atoms with E-state index in [0.29, 0.717) is 19.6 Å². The van der Waals surface area contributed by atoms with E-state index in [2.05, 4.69) is 4.90 Å². The van der Waals surface area contributed by atoms with Crippen molar-refractivity contribution in [3.8, 4) is 0 Å². The monoisotopic (exact) mass is 361 g/mol. The lowest BCUT2D eigenvalue weighted by molar-refractivity contribution is 0.104. The van der Waals surface area contributed by atoms with Crippen molar-refractivity contribution in [2.75, 3.05) is 45.5 Å². The summed E-state index contributed by atoms with van der Waals surface area (Å²) in [5.41, 5.74) is 0. The summed E-state index contributed by atoms with van der Waals surface area (Å²) >= 11 is 0. The number of nitrogens with zero attached hydrogens (tertiary/aromatic N) is 3. The van der Waals surface area contributed by atoms with Crippen LogP contribution in [0.5, 0.6) is 0 Å². The molecule has 1 aliphatic carbocycles. The third-order valence-corrected chi connectivity index (χ3v) is 6.49. The summed E-state index contributed by atoms with van der Waals surface area (Å²) in [5.74, 6) is 0. The zero-order valence-corrected chi connectivity index (χ0v) is 15.5. The predicted molar refractivity (Wildman–Crippen MR) is 93.7 cm³/mol. The highest BCUT2D eigenvalue weighted by Gasteiger charge is 2.27. The third-order valence-electron chi connectivity index (χ3n) is 5.15. The number of rotatable bonds is 7. The molecular weight excluding hydrogens is 330 g/mol. The molecule has 2 fully saturated rings. The number of hydrogen-bond donors (Lipinski definition) is 1.